The maximum atomic E-state index is 12.4. The summed E-state index contributed by atoms with van der Waals surface area (Å²) in [7, 11) is 0. The second kappa shape index (κ2) is 10.7. The van der Waals surface area contributed by atoms with Crippen molar-refractivity contribution in [3.05, 3.63) is 30.3 Å². The van der Waals surface area contributed by atoms with Crippen LogP contribution >= 0.6 is 0 Å². The molecule has 0 aliphatic carbocycles. The van der Waals surface area contributed by atoms with Crippen molar-refractivity contribution in [2.24, 2.45) is 11.8 Å². The van der Waals surface area contributed by atoms with Crippen LogP contribution in [0.5, 0.6) is 0 Å². The number of para-hydroxylation sites is 1. The average Bonchev–Trinajstić information content (AvgIpc) is 3.42. The Kier molecular flexibility index (Phi) is 8.01. The first-order chi connectivity index (χ1) is 13.7. The van der Waals surface area contributed by atoms with Gasteiger partial charge in [-0.25, -0.2) is 4.79 Å². The molecule has 2 saturated heterocycles. The van der Waals surface area contributed by atoms with Gasteiger partial charge in [-0.15, -0.1) is 0 Å². The first kappa shape index (κ1) is 21.0. The third-order valence-electron chi connectivity index (χ3n) is 6.63. The highest BCUT2D eigenvalue weighted by Crippen LogP contribution is 2.24. The summed E-state index contributed by atoms with van der Waals surface area (Å²) < 4.78 is 0. The van der Waals surface area contributed by atoms with Gasteiger partial charge in [0.2, 0.25) is 0 Å². The molecule has 2 fully saturated rings. The second-order valence-electron chi connectivity index (χ2n) is 8.41. The Morgan fingerprint density at radius 3 is 2.46 bits per heavy atom. The number of benzene rings is 1. The van der Waals surface area contributed by atoms with Gasteiger partial charge in [0.25, 0.3) is 0 Å². The lowest BCUT2D eigenvalue weighted by molar-refractivity contribution is 0.161. The minimum atomic E-state index is -0.00619. The third kappa shape index (κ3) is 5.63. The van der Waals surface area contributed by atoms with E-state index in [4.69, 9.17) is 0 Å². The monoisotopic (exact) mass is 386 g/mol. The Balaban J connectivity index is 1.41. The van der Waals surface area contributed by atoms with Crippen molar-refractivity contribution in [3.8, 4) is 0 Å². The smallest absolute Gasteiger partial charge is 0.314 e. The lowest BCUT2D eigenvalue weighted by atomic mass is 9.93. The largest absolute Gasteiger partial charge is 0.371 e. The molecule has 2 unspecified atom stereocenters. The summed E-state index contributed by atoms with van der Waals surface area (Å²) in [5, 5.41) is 6.29. The Morgan fingerprint density at radius 2 is 1.79 bits per heavy atom. The van der Waals surface area contributed by atoms with Crippen LogP contribution in [0.1, 0.15) is 46.0 Å². The molecule has 2 amide bonds. The Hall–Kier alpha value is -1.75. The summed E-state index contributed by atoms with van der Waals surface area (Å²) in [5.74, 6) is 1.19. The molecule has 3 rings (SSSR count). The zero-order chi connectivity index (χ0) is 19.8. The highest BCUT2D eigenvalue weighted by molar-refractivity contribution is 5.73. The molecule has 1 aromatic rings. The van der Waals surface area contributed by atoms with Crippen molar-refractivity contribution >= 4 is 11.7 Å². The molecule has 2 aliphatic rings. The Labute approximate surface area is 170 Å². The first-order valence-electron chi connectivity index (χ1n) is 11.3. The van der Waals surface area contributed by atoms with Gasteiger partial charge in [0.1, 0.15) is 0 Å². The summed E-state index contributed by atoms with van der Waals surface area (Å²) in [6.07, 6.45) is 6.08. The van der Waals surface area contributed by atoms with Crippen molar-refractivity contribution in [2.45, 2.75) is 52.0 Å². The molecule has 2 atom stereocenters. The van der Waals surface area contributed by atoms with Crippen LogP contribution in [-0.2, 0) is 0 Å². The second-order valence-corrected chi connectivity index (χ2v) is 8.41. The molecule has 156 valence electrons. The molecular weight excluding hydrogens is 348 g/mol. The van der Waals surface area contributed by atoms with E-state index in [1.807, 2.05) is 0 Å². The van der Waals surface area contributed by atoms with E-state index in [-0.39, 0.29) is 6.03 Å². The van der Waals surface area contributed by atoms with Gasteiger partial charge in [0, 0.05) is 37.9 Å². The van der Waals surface area contributed by atoms with Gasteiger partial charge in [0.15, 0.2) is 0 Å². The van der Waals surface area contributed by atoms with Crippen LogP contribution in [-0.4, -0.2) is 56.2 Å². The van der Waals surface area contributed by atoms with Crippen LogP contribution < -0.4 is 15.5 Å². The molecule has 0 radical (unpaired) electrons. The van der Waals surface area contributed by atoms with Crippen LogP contribution in [0, 0.1) is 11.8 Å². The number of rotatable bonds is 9. The van der Waals surface area contributed by atoms with Crippen LogP contribution in [0.2, 0.25) is 0 Å². The molecule has 0 bridgehead atoms. The van der Waals surface area contributed by atoms with Gasteiger partial charge in [-0.05, 0) is 56.3 Å². The van der Waals surface area contributed by atoms with Crippen molar-refractivity contribution in [1.82, 2.24) is 15.5 Å². The topological polar surface area (TPSA) is 47.6 Å². The quantitative estimate of drug-likeness (QED) is 0.680. The molecule has 0 aromatic heterocycles. The third-order valence-corrected chi connectivity index (χ3v) is 6.63. The molecule has 28 heavy (non-hydrogen) atoms. The fourth-order valence-electron chi connectivity index (χ4n) is 4.87. The molecular formula is C23H38N4O. The molecule has 2 N–H and O–H groups in total. The number of urea groups is 1. The van der Waals surface area contributed by atoms with E-state index in [1.165, 1.54) is 44.5 Å². The summed E-state index contributed by atoms with van der Waals surface area (Å²) in [6.45, 7) is 10.5. The first-order valence-corrected chi connectivity index (χ1v) is 11.3. The lowest BCUT2D eigenvalue weighted by Gasteiger charge is -2.34. The number of hydrogen-bond acceptors (Lipinski definition) is 3. The normalized spacial score (nSPS) is 21.2. The Bertz CT molecular complexity index is 582. The highest BCUT2D eigenvalue weighted by Gasteiger charge is 2.28. The summed E-state index contributed by atoms with van der Waals surface area (Å²) in [4.78, 5) is 17.4. The number of carbonyl (C=O) groups is 1. The summed E-state index contributed by atoms with van der Waals surface area (Å²) >= 11 is 0. The van der Waals surface area contributed by atoms with Crippen molar-refractivity contribution in [3.63, 3.8) is 0 Å². The average molecular weight is 387 g/mol. The van der Waals surface area contributed by atoms with Gasteiger partial charge < -0.3 is 15.5 Å². The molecule has 5 nitrogen and oxygen atoms in total. The number of hydrogen-bond donors (Lipinski definition) is 2. The van der Waals surface area contributed by atoms with E-state index >= 15 is 0 Å². The molecule has 1 aromatic carbocycles. The number of carbonyl (C=O) groups excluding carboxylic acids is 1. The summed E-state index contributed by atoms with van der Waals surface area (Å²) in [6, 6.07) is 11.0. The van der Waals surface area contributed by atoms with Gasteiger partial charge >= 0.3 is 6.03 Å². The fraction of sp³-hybridized carbons (Fsp3) is 0.696. The van der Waals surface area contributed by atoms with Gasteiger partial charge in [-0.2, -0.15) is 0 Å². The van der Waals surface area contributed by atoms with Crippen LogP contribution in [0.3, 0.4) is 0 Å². The number of anilines is 1. The maximum Gasteiger partial charge on any atom is 0.314 e. The van der Waals surface area contributed by atoms with E-state index in [0.717, 1.165) is 32.6 Å². The fourth-order valence-corrected chi connectivity index (χ4v) is 4.87. The maximum absolute atomic E-state index is 12.4. The standard InChI is InChI=1S/C23H38N4O/c1-3-20(4-2)22(26-13-8-9-14-26)17-25-23(28)24-16-19-12-15-27(18-19)21-10-6-5-7-11-21/h5-7,10-11,19-20,22H,3-4,8-9,12-18H2,1-2H3,(H2,24,25,28). The molecule has 0 saturated carbocycles. The number of nitrogens with one attached hydrogen (secondary N) is 2. The zero-order valence-corrected chi connectivity index (χ0v) is 17.7. The van der Waals surface area contributed by atoms with Crippen molar-refractivity contribution in [2.75, 3.05) is 44.2 Å². The Morgan fingerprint density at radius 1 is 1.07 bits per heavy atom. The zero-order valence-electron chi connectivity index (χ0n) is 17.7. The number of nitrogens with zero attached hydrogens (tertiary/aromatic N) is 2. The molecule has 2 heterocycles. The van der Waals surface area contributed by atoms with E-state index in [9.17, 15) is 4.79 Å². The minimum absolute atomic E-state index is 0.00619. The lowest BCUT2D eigenvalue weighted by Crippen LogP contribution is -2.49. The predicted molar refractivity (Wildman–Crippen MR) is 117 cm³/mol. The van der Waals surface area contributed by atoms with Gasteiger partial charge in [-0.3, -0.25) is 4.90 Å². The van der Waals surface area contributed by atoms with Gasteiger partial charge in [0.05, 0.1) is 0 Å². The van der Waals surface area contributed by atoms with E-state index in [1.54, 1.807) is 0 Å². The SMILES string of the molecule is CCC(CC)C(CNC(=O)NCC1CCN(c2ccccc2)C1)N1CCCC1. The van der Waals surface area contributed by atoms with Crippen LogP contribution in [0.25, 0.3) is 0 Å². The summed E-state index contributed by atoms with van der Waals surface area (Å²) in [5.41, 5.74) is 1.29. The van der Waals surface area contributed by atoms with Crippen LogP contribution in [0.4, 0.5) is 10.5 Å². The van der Waals surface area contributed by atoms with E-state index < -0.39 is 0 Å². The minimum Gasteiger partial charge on any atom is -0.371 e. The predicted octanol–water partition coefficient (Wildman–Crippen LogP) is 3.71. The van der Waals surface area contributed by atoms with E-state index in [0.29, 0.717) is 17.9 Å². The molecule has 0 spiro atoms. The van der Waals surface area contributed by atoms with E-state index in [2.05, 4.69) is 64.6 Å². The number of likely N-dealkylation sites (tertiary alicyclic amines) is 1. The molecule has 2 aliphatic heterocycles. The van der Waals surface area contributed by atoms with Crippen molar-refractivity contribution < 1.29 is 4.79 Å². The van der Waals surface area contributed by atoms with Crippen LogP contribution in [0.15, 0.2) is 30.3 Å². The van der Waals surface area contributed by atoms with Crippen molar-refractivity contribution in [1.29, 1.82) is 0 Å². The number of amides is 2. The highest BCUT2D eigenvalue weighted by atomic mass is 16.2. The molecule has 5 heteroatoms. The van der Waals surface area contributed by atoms with Gasteiger partial charge in [-0.1, -0.05) is 44.9 Å².